The number of nitrogens with one attached hydrogen (secondary N) is 2. The van der Waals surface area contributed by atoms with E-state index in [0.717, 1.165) is 42.7 Å². The van der Waals surface area contributed by atoms with Gasteiger partial charge in [0.15, 0.2) is 5.96 Å². The third-order valence-electron chi connectivity index (χ3n) is 2.30. The van der Waals surface area contributed by atoms with Gasteiger partial charge in [-0.1, -0.05) is 13.8 Å². The summed E-state index contributed by atoms with van der Waals surface area (Å²) in [4.78, 5) is 8.97. The molecule has 1 aromatic rings. The molecule has 0 aliphatic heterocycles. The normalized spacial score (nSPS) is 11.9. The Morgan fingerprint density at radius 3 is 2.78 bits per heavy atom. The monoisotopic (exact) mass is 268 g/mol. The molecule has 0 spiro atoms. The maximum atomic E-state index is 4.53. The first kappa shape index (κ1) is 15.0. The van der Waals surface area contributed by atoms with Crippen molar-refractivity contribution in [3.8, 4) is 0 Å². The Morgan fingerprint density at radius 1 is 1.44 bits per heavy atom. The molecule has 0 bridgehead atoms. The van der Waals surface area contributed by atoms with Gasteiger partial charge in [0, 0.05) is 31.4 Å². The van der Waals surface area contributed by atoms with Crippen molar-refractivity contribution < 1.29 is 0 Å². The van der Waals surface area contributed by atoms with Crippen molar-refractivity contribution in [3.05, 3.63) is 16.1 Å². The molecule has 102 valence electrons. The summed E-state index contributed by atoms with van der Waals surface area (Å²) in [6, 6.07) is 0. The highest BCUT2D eigenvalue weighted by atomic mass is 32.1. The Labute approximate surface area is 114 Å². The molecule has 1 rings (SSSR count). The summed E-state index contributed by atoms with van der Waals surface area (Å²) in [5.41, 5.74) is 1.16. The highest BCUT2D eigenvalue weighted by Gasteiger charge is 2.00. The predicted molar refractivity (Wildman–Crippen MR) is 79.4 cm³/mol. The van der Waals surface area contributed by atoms with E-state index in [2.05, 4.69) is 46.8 Å². The Hall–Kier alpha value is -1.10. The summed E-state index contributed by atoms with van der Waals surface area (Å²) in [7, 11) is 0. The zero-order chi connectivity index (χ0) is 13.4. The third-order valence-corrected chi connectivity index (χ3v) is 3.12. The maximum absolute atomic E-state index is 4.53. The molecule has 0 fully saturated rings. The first-order valence-electron chi connectivity index (χ1n) is 6.55. The van der Waals surface area contributed by atoms with Crippen LogP contribution in [0.2, 0.25) is 0 Å². The van der Waals surface area contributed by atoms with Gasteiger partial charge in [-0.3, -0.25) is 4.99 Å². The van der Waals surface area contributed by atoms with Gasteiger partial charge in [0.05, 0.1) is 10.7 Å². The van der Waals surface area contributed by atoms with Crippen molar-refractivity contribution in [2.45, 2.75) is 34.1 Å². The van der Waals surface area contributed by atoms with E-state index in [0.29, 0.717) is 5.92 Å². The molecule has 0 saturated carbocycles. The van der Waals surface area contributed by atoms with E-state index in [9.17, 15) is 0 Å². The van der Waals surface area contributed by atoms with Gasteiger partial charge in [0.25, 0.3) is 0 Å². The molecular formula is C13H24N4S. The molecule has 4 nitrogen and oxygen atoms in total. The average Bonchev–Trinajstić information content (AvgIpc) is 2.72. The molecule has 0 radical (unpaired) electrons. The van der Waals surface area contributed by atoms with E-state index in [1.54, 1.807) is 11.3 Å². The smallest absolute Gasteiger partial charge is 0.191 e. The molecule has 18 heavy (non-hydrogen) atoms. The number of rotatable bonds is 6. The van der Waals surface area contributed by atoms with Crippen molar-refractivity contribution in [1.29, 1.82) is 0 Å². The topological polar surface area (TPSA) is 49.3 Å². The zero-order valence-electron chi connectivity index (χ0n) is 11.8. The number of aliphatic imine (C=N–C) groups is 1. The molecule has 0 aromatic carbocycles. The zero-order valence-corrected chi connectivity index (χ0v) is 12.6. The second kappa shape index (κ2) is 8.08. The fraction of sp³-hybridized carbons (Fsp3) is 0.692. The van der Waals surface area contributed by atoms with Crippen molar-refractivity contribution in [2.75, 3.05) is 19.6 Å². The summed E-state index contributed by atoms with van der Waals surface area (Å²) in [5, 5.41) is 9.84. The summed E-state index contributed by atoms with van der Waals surface area (Å²) < 4.78 is 0. The van der Waals surface area contributed by atoms with Gasteiger partial charge in [-0.15, -0.1) is 11.3 Å². The van der Waals surface area contributed by atoms with Crippen molar-refractivity contribution in [2.24, 2.45) is 10.9 Å². The van der Waals surface area contributed by atoms with E-state index in [-0.39, 0.29) is 0 Å². The molecule has 0 amide bonds. The average molecular weight is 268 g/mol. The van der Waals surface area contributed by atoms with Crippen LogP contribution in [0.15, 0.2) is 10.4 Å². The molecule has 2 N–H and O–H groups in total. The quantitative estimate of drug-likeness (QED) is 0.614. The number of nitrogens with zero attached hydrogens (tertiary/aromatic N) is 2. The highest BCUT2D eigenvalue weighted by Crippen LogP contribution is 2.07. The van der Waals surface area contributed by atoms with Crippen LogP contribution in [-0.2, 0) is 6.42 Å². The van der Waals surface area contributed by atoms with E-state index in [4.69, 9.17) is 0 Å². The van der Waals surface area contributed by atoms with Crippen LogP contribution in [0.1, 0.15) is 31.5 Å². The highest BCUT2D eigenvalue weighted by molar-refractivity contribution is 7.09. The van der Waals surface area contributed by atoms with Crippen LogP contribution in [0.5, 0.6) is 0 Å². The van der Waals surface area contributed by atoms with E-state index >= 15 is 0 Å². The first-order chi connectivity index (χ1) is 8.61. The Balaban J connectivity index is 2.35. The van der Waals surface area contributed by atoms with Crippen LogP contribution >= 0.6 is 11.3 Å². The Bertz CT molecular complexity index is 371. The lowest BCUT2D eigenvalue weighted by molar-refractivity contribution is 0.656. The van der Waals surface area contributed by atoms with Gasteiger partial charge in [-0.05, 0) is 19.8 Å². The van der Waals surface area contributed by atoms with Crippen LogP contribution < -0.4 is 10.6 Å². The number of guanidine groups is 1. The maximum Gasteiger partial charge on any atom is 0.191 e. The van der Waals surface area contributed by atoms with Gasteiger partial charge in [0.2, 0.25) is 0 Å². The largest absolute Gasteiger partial charge is 0.357 e. The lowest BCUT2D eigenvalue weighted by Crippen LogP contribution is -2.38. The van der Waals surface area contributed by atoms with Crippen molar-refractivity contribution in [3.63, 3.8) is 0 Å². The Morgan fingerprint density at radius 2 is 2.22 bits per heavy atom. The Kier molecular flexibility index (Phi) is 6.72. The van der Waals surface area contributed by atoms with Gasteiger partial charge in [-0.2, -0.15) is 0 Å². The van der Waals surface area contributed by atoms with Gasteiger partial charge in [0.1, 0.15) is 0 Å². The number of aryl methyl sites for hydroxylation is 1. The molecule has 0 unspecified atom stereocenters. The molecule has 1 aromatic heterocycles. The van der Waals surface area contributed by atoms with Crippen molar-refractivity contribution in [1.82, 2.24) is 15.6 Å². The van der Waals surface area contributed by atoms with Gasteiger partial charge in [-0.25, -0.2) is 4.98 Å². The van der Waals surface area contributed by atoms with E-state index < -0.39 is 0 Å². The summed E-state index contributed by atoms with van der Waals surface area (Å²) >= 11 is 1.70. The molecule has 0 aliphatic carbocycles. The minimum atomic E-state index is 0.585. The van der Waals surface area contributed by atoms with Crippen LogP contribution in [-0.4, -0.2) is 30.6 Å². The minimum Gasteiger partial charge on any atom is -0.357 e. The minimum absolute atomic E-state index is 0.585. The molecule has 1 heterocycles. The predicted octanol–water partition coefficient (Wildman–Crippen LogP) is 2.21. The number of thiazole rings is 1. The van der Waals surface area contributed by atoms with Gasteiger partial charge < -0.3 is 10.6 Å². The number of hydrogen-bond donors (Lipinski definition) is 2. The van der Waals surface area contributed by atoms with Gasteiger partial charge >= 0.3 is 0 Å². The summed E-state index contributed by atoms with van der Waals surface area (Å²) in [6.45, 7) is 11.1. The van der Waals surface area contributed by atoms with Crippen LogP contribution in [0.3, 0.4) is 0 Å². The van der Waals surface area contributed by atoms with E-state index in [1.807, 2.05) is 6.92 Å². The molecule has 0 saturated heterocycles. The third kappa shape index (κ3) is 6.00. The lowest BCUT2D eigenvalue weighted by atomic mass is 10.2. The number of hydrogen-bond acceptors (Lipinski definition) is 3. The fourth-order valence-corrected chi connectivity index (χ4v) is 2.09. The first-order valence-corrected chi connectivity index (χ1v) is 7.43. The van der Waals surface area contributed by atoms with Crippen LogP contribution in [0.25, 0.3) is 0 Å². The second-order valence-corrected chi connectivity index (χ2v) is 5.71. The summed E-state index contributed by atoms with van der Waals surface area (Å²) in [5.74, 6) is 1.49. The van der Waals surface area contributed by atoms with E-state index in [1.165, 1.54) is 0 Å². The molecular weight excluding hydrogens is 244 g/mol. The summed E-state index contributed by atoms with van der Waals surface area (Å²) in [6.07, 6.45) is 0.941. The molecule has 0 aliphatic rings. The SMILES string of the molecule is CCNC(=NCC(C)C)NCCc1csc(C)n1. The number of aromatic nitrogens is 1. The molecule has 5 heteroatoms. The van der Waals surface area contributed by atoms with Crippen LogP contribution in [0, 0.1) is 12.8 Å². The second-order valence-electron chi connectivity index (χ2n) is 4.65. The standard InChI is InChI=1S/C13H24N4S/c1-5-14-13(16-8-10(2)3)15-7-6-12-9-18-11(4)17-12/h9-10H,5-8H2,1-4H3,(H2,14,15,16). The fourth-order valence-electron chi connectivity index (χ4n) is 1.45. The lowest BCUT2D eigenvalue weighted by Gasteiger charge is -2.11. The van der Waals surface area contributed by atoms with Crippen molar-refractivity contribution >= 4 is 17.3 Å². The van der Waals surface area contributed by atoms with Crippen LogP contribution in [0.4, 0.5) is 0 Å². The molecule has 0 atom stereocenters.